The summed E-state index contributed by atoms with van der Waals surface area (Å²) in [6.45, 7) is 1.93. The number of carbonyl (C=O) groups excluding carboxylic acids is 1. The highest BCUT2D eigenvalue weighted by Crippen LogP contribution is 2.25. The smallest absolute Gasteiger partial charge is 0.256 e. The Labute approximate surface area is 147 Å². The Balaban J connectivity index is 1.67. The zero-order chi connectivity index (χ0) is 16.9. The predicted molar refractivity (Wildman–Crippen MR) is 100 cm³/mol. The number of hydrogen-bond acceptors (Lipinski definition) is 4. The largest absolute Gasteiger partial charge is 0.380 e. The van der Waals surface area contributed by atoms with E-state index in [0.29, 0.717) is 11.7 Å². The van der Waals surface area contributed by atoms with Crippen LogP contribution >= 0.6 is 11.8 Å². The van der Waals surface area contributed by atoms with Crippen molar-refractivity contribution in [3.63, 3.8) is 0 Å². The average molecular weight is 342 g/mol. The molecule has 1 atom stereocenters. The van der Waals surface area contributed by atoms with Crippen molar-refractivity contribution >= 4 is 29.0 Å². The normalized spacial score (nSPS) is 17.1. The Morgan fingerprint density at radius 3 is 2.62 bits per heavy atom. The molecule has 3 rings (SSSR count). The lowest BCUT2D eigenvalue weighted by atomic mass is 10.2. The van der Waals surface area contributed by atoms with E-state index in [1.165, 1.54) is 0 Å². The molecule has 0 aliphatic carbocycles. The third-order valence-electron chi connectivity index (χ3n) is 4.32. The molecule has 1 fully saturated rings. The van der Waals surface area contributed by atoms with Crippen molar-refractivity contribution < 1.29 is 9.53 Å². The van der Waals surface area contributed by atoms with Crippen molar-refractivity contribution in [1.82, 2.24) is 0 Å². The minimum atomic E-state index is -0.0756. The SMILES string of the molecule is COC1CCN(c2ccc(NC(=O)c3ccccc3SC)cc2)C1. The number of benzene rings is 2. The highest BCUT2D eigenvalue weighted by molar-refractivity contribution is 7.98. The molecule has 1 aliphatic heterocycles. The fourth-order valence-electron chi connectivity index (χ4n) is 2.94. The van der Waals surface area contributed by atoms with Crippen LogP contribution in [0.5, 0.6) is 0 Å². The maximum Gasteiger partial charge on any atom is 0.256 e. The van der Waals surface area contributed by atoms with Crippen molar-refractivity contribution in [3.05, 3.63) is 54.1 Å². The van der Waals surface area contributed by atoms with Crippen LogP contribution in [0.1, 0.15) is 16.8 Å². The molecule has 0 aromatic heterocycles. The first-order valence-electron chi connectivity index (χ1n) is 8.03. The minimum absolute atomic E-state index is 0.0756. The Bertz CT molecular complexity index is 703. The topological polar surface area (TPSA) is 41.6 Å². The molecule has 24 heavy (non-hydrogen) atoms. The summed E-state index contributed by atoms with van der Waals surface area (Å²) in [4.78, 5) is 15.8. The first kappa shape index (κ1) is 16.9. The zero-order valence-electron chi connectivity index (χ0n) is 14.0. The highest BCUT2D eigenvalue weighted by Gasteiger charge is 2.22. The summed E-state index contributed by atoms with van der Waals surface area (Å²) in [6, 6.07) is 15.7. The Morgan fingerprint density at radius 1 is 1.21 bits per heavy atom. The molecule has 2 aromatic carbocycles. The number of amides is 1. The average Bonchev–Trinajstić information content (AvgIpc) is 3.11. The van der Waals surface area contributed by atoms with Gasteiger partial charge in [-0.05, 0) is 49.1 Å². The summed E-state index contributed by atoms with van der Waals surface area (Å²) in [5.41, 5.74) is 2.68. The van der Waals surface area contributed by atoms with Crippen LogP contribution in [-0.2, 0) is 4.74 Å². The van der Waals surface area contributed by atoms with E-state index in [0.717, 1.165) is 35.8 Å². The van der Waals surface area contributed by atoms with E-state index in [-0.39, 0.29) is 5.91 Å². The minimum Gasteiger partial charge on any atom is -0.380 e. The third kappa shape index (κ3) is 3.74. The molecule has 1 amide bonds. The molecule has 0 bridgehead atoms. The number of methoxy groups -OCH3 is 1. The fourth-order valence-corrected chi connectivity index (χ4v) is 3.54. The molecule has 5 heteroatoms. The first-order valence-corrected chi connectivity index (χ1v) is 9.26. The van der Waals surface area contributed by atoms with E-state index in [9.17, 15) is 4.79 Å². The number of ether oxygens (including phenoxy) is 1. The van der Waals surface area contributed by atoms with Gasteiger partial charge in [-0.3, -0.25) is 4.79 Å². The van der Waals surface area contributed by atoms with Gasteiger partial charge in [-0.15, -0.1) is 11.8 Å². The quantitative estimate of drug-likeness (QED) is 0.837. The molecule has 1 aliphatic rings. The van der Waals surface area contributed by atoms with E-state index in [1.54, 1.807) is 18.9 Å². The summed E-state index contributed by atoms with van der Waals surface area (Å²) in [5, 5.41) is 2.98. The van der Waals surface area contributed by atoms with Crippen molar-refractivity contribution in [2.45, 2.75) is 17.4 Å². The second-order valence-corrected chi connectivity index (χ2v) is 6.64. The van der Waals surface area contributed by atoms with Crippen LogP contribution in [-0.4, -0.2) is 38.5 Å². The summed E-state index contributed by atoms with van der Waals surface area (Å²) in [7, 11) is 1.76. The van der Waals surface area contributed by atoms with E-state index < -0.39 is 0 Å². The Hall–Kier alpha value is -1.98. The van der Waals surface area contributed by atoms with Crippen LogP contribution in [0, 0.1) is 0 Å². The highest BCUT2D eigenvalue weighted by atomic mass is 32.2. The van der Waals surface area contributed by atoms with Crippen molar-refractivity contribution in [1.29, 1.82) is 0 Å². The van der Waals surface area contributed by atoms with Gasteiger partial charge in [0.25, 0.3) is 5.91 Å². The molecular formula is C19H22N2O2S. The molecule has 1 N–H and O–H groups in total. The van der Waals surface area contributed by atoms with Gasteiger partial charge in [0.1, 0.15) is 0 Å². The van der Waals surface area contributed by atoms with Crippen LogP contribution in [0.2, 0.25) is 0 Å². The summed E-state index contributed by atoms with van der Waals surface area (Å²) in [5.74, 6) is -0.0756. The van der Waals surface area contributed by atoms with Crippen molar-refractivity contribution in [2.75, 3.05) is 36.7 Å². The first-order chi connectivity index (χ1) is 11.7. The van der Waals surface area contributed by atoms with Crippen LogP contribution in [0.25, 0.3) is 0 Å². The number of nitrogens with one attached hydrogen (secondary N) is 1. The molecule has 0 saturated carbocycles. The molecule has 0 spiro atoms. The number of carbonyl (C=O) groups is 1. The summed E-state index contributed by atoms with van der Waals surface area (Å²) in [6.07, 6.45) is 3.34. The standard InChI is InChI=1S/C19H22N2O2S/c1-23-16-11-12-21(13-16)15-9-7-14(8-10-15)20-19(22)17-5-3-4-6-18(17)24-2/h3-10,16H,11-13H2,1-2H3,(H,20,22). The lowest BCUT2D eigenvalue weighted by Gasteiger charge is -2.18. The Morgan fingerprint density at radius 2 is 1.96 bits per heavy atom. The fraction of sp³-hybridized carbons (Fsp3) is 0.316. The number of rotatable bonds is 5. The number of hydrogen-bond donors (Lipinski definition) is 1. The number of thioether (sulfide) groups is 1. The van der Waals surface area contributed by atoms with E-state index in [1.807, 2.05) is 54.8 Å². The van der Waals surface area contributed by atoms with Crippen LogP contribution < -0.4 is 10.2 Å². The summed E-state index contributed by atoms with van der Waals surface area (Å²) >= 11 is 1.58. The Kier molecular flexibility index (Phi) is 5.43. The number of nitrogens with zero attached hydrogens (tertiary/aromatic N) is 1. The summed E-state index contributed by atoms with van der Waals surface area (Å²) < 4.78 is 5.41. The second-order valence-electron chi connectivity index (χ2n) is 5.79. The van der Waals surface area contributed by atoms with E-state index >= 15 is 0 Å². The predicted octanol–water partition coefficient (Wildman–Crippen LogP) is 3.89. The van der Waals surface area contributed by atoms with Gasteiger partial charge < -0.3 is 15.0 Å². The maximum absolute atomic E-state index is 12.5. The van der Waals surface area contributed by atoms with Gasteiger partial charge in [0.15, 0.2) is 0 Å². The van der Waals surface area contributed by atoms with Crippen molar-refractivity contribution in [3.8, 4) is 0 Å². The lowest BCUT2D eigenvalue weighted by molar-refractivity contribution is 0.102. The van der Waals surface area contributed by atoms with Gasteiger partial charge in [-0.25, -0.2) is 0 Å². The molecule has 1 heterocycles. The zero-order valence-corrected chi connectivity index (χ0v) is 14.8. The van der Waals surface area contributed by atoms with Gasteiger partial charge in [-0.2, -0.15) is 0 Å². The van der Waals surface area contributed by atoms with Crippen LogP contribution in [0.15, 0.2) is 53.4 Å². The molecule has 126 valence electrons. The number of anilines is 2. The molecule has 2 aromatic rings. The van der Waals surface area contributed by atoms with Crippen LogP contribution in [0.3, 0.4) is 0 Å². The lowest BCUT2D eigenvalue weighted by Crippen LogP contribution is -2.22. The van der Waals surface area contributed by atoms with Gasteiger partial charge in [0.05, 0.1) is 11.7 Å². The maximum atomic E-state index is 12.5. The van der Waals surface area contributed by atoms with Gasteiger partial charge >= 0.3 is 0 Å². The third-order valence-corrected chi connectivity index (χ3v) is 5.12. The molecule has 1 unspecified atom stereocenters. The van der Waals surface area contributed by atoms with E-state index in [2.05, 4.69) is 10.2 Å². The van der Waals surface area contributed by atoms with Gasteiger partial charge in [0.2, 0.25) is 0 Å². The van der Waals surface area contributed by atoms with E-state index in [4.69, 9.17) is 4.74 Å². The van der Waals surface area contributed by atoms with Crippen molar-refractivity contribution in [2.24, 2.45) is 0 Å². The van der Waals surface area contributed by atoms with Gasteiger partial charge in [0, 0.05) is 36.5 Å². The second kappa shape index (κ2) is 7.73. The van der Waals surface area contributed by atoms with Crippen LogP contribution in [0.4, 0.5) is 11.4 Å². The molecular weight excluding hydrogens is 320 g/mol. The molecule has 1 saturated heterocycles. The molecule has 4 nitrogen and oxygen atoms in total. The molecule has 0 radical (unpaired) electrons. The monoisotopic (exact) mass is 342 g/mol. The van der Waals surface area contributed by atoms with Gasteiger partial charge in [-0.1, -0.05) is 12.1 Å².